The van der Waals surface area contributed by atoms with Crippen LogP contribution in [0.3, 0.4) is 0 Å². The Morgan fingerprint density at radius 3 is 2.57 bits per heavy atom. The minimum absolute atomic E-state index is 0.0526. The molecule has 2 aromatic carbocycles. The number of nitrogens with zero attached hydrogens (tertiary/aromatic N) is 5. The maximum atomic E-state index is 5.21. The molecule has 1 atom stereocenters. The first-order chi connectivity index (χ1) is 17.6. The number of imidazole rings is 1. The van der Waals surface area contributed by atoms with Gasteiger partial charge in [0.15, 0.2) is 17.2 Å². The molecule has 0 saturated heterocycles. The van der Waals surface area contributed by atoms with Crippen LogP contribution in [0.25, 0.3) is 11.2 Å². The number of ether oxygens (including phenoxy) is 1. The average Bonchev–Trinajstić information content (AvgIpc) is 3.24. The predicted molar refractivity (Wildman–Crippen MR) is 151 cm³/mol. The SMILES string of the molecule is CCN(CC(C)Cc1c#cc(OC)cc1)c1nc(Nc2cc(C(C)(C)C)ccc2C)c2c(ncn2C)n1. The zero-order valence-electron chi connectivity index (χ0n) is 23.3. The molecule has 2 aromatic heterocycles. The molecule has 0 bridgehead atoms. The molecule has 0 fully saturated rings. The van der Waals surface area contributed by atoms with Crippen LogP contribution in [-0.4, -0.2) is 39.7 Å². The van der Waals surface area contributed by atoms with Crippen LogP contribution in [0.1, 0.15) is 51.3 Å². The van der Waals surface area contributed by atoms with Crippen molar-refractivity contribution in [3.63, 3.8) is 0 Å². The molecule has 0 aliphatic heterocycles. The summed E-state index contributed by atoms with van der Waals surface area (Å²) in [6.45, 7) is 14.8. The van der Waals surface area contributed by atoms with Crippen LogP contribution in [0.5, 0.6) is 5.75 Å². The molecule has 0 spiro atoms. The summed E-state index contributed by atoms with van der Waals surface area (Å²) in [5.41, 5.74) is 6.21. The molecule has 1 N–H and O–H groups in total. The first-order valence-electron chi connectivity index (χ1n) is 12.9. The molecule has 4 aromatic rings. The van der Waals surface area contributed by atoms with Crippen molar-refractivity contribution < 1.29 is 4.74 Å². The van der Waals surface area contributed by atoms with E-state index in [1.165, 1.54) is 5.56 Å². The Labute approximate surface area is 220 Å². The van der Waals surface area contributed by atoms with Crippen molar-refractivity contribution in [1.29, 1.82) is 0 Å². The molecule has 1 unspecified atom stereocenters. The van der Waals surface area contributed by atoms with Crippen LogP contribution in [0, 0.1) is 25.0 Å². The summed E-state index contributed by atoms with van der Waals surface area (Å²) in [4.78, 5) is 16.7. The van der Waals surface area contributed by atoms with Crippen molar-refractivity contribution in [1.82, 2.24) is 19.5 Å². The Balaban J connectivity index is 1.63. The lowest BCUT2D eigenvalue weighted by atomic mass is 9.86. The van der Waals surface area contributed by atoms with Crippen molar-refractivity contribution in [2.45, 2.75) is 53.4 Å². The van der Waals surface area contributed by atoms with E-state index in [1.54, 1.807) is 13.4 Å². The second-order valence-electron chi connectivity index (χ2n) is 10.8. The van der Waals surface area contributed by atoms with E-state index in [-0.39, 0.29) is 5.41 Å². The molecule has 0 aliphatic carbocycles. The normalized spacial score (nSPS) is 12.3. The van der Waals surface area contributed by atoms with Crippen molar-refractivity contribution in [3.05, 3.63) is 65.5 Å². The molecule has 0 amide bonds. The fourth-order valence-electron chi connectivity index (χ4n) is 4.43. The van der Waals surface area contributed by atoms with E-state index in [0.29, 0.717) is 23.3 Å². The number of hydrogen-bond acceptors (Lipinski definition) is 6. The summed E-state index contributed by atoms with van der Waals surface area (Å²) in [7, 11) is 3.62. The molecule has 0 saturated carbocycles. The monoisotopic (exact) mass is 498 g/mol. The van der Waals surface area contributed by atoms with Gasteiger partial charge in [-0.2, -0.15) is 9.97 Å². The van der Waals surface area contributed by atoms with Crippen LogP contribution in [0.4, 0.5) is 17.5 Å². The highest BCUT2D eigenvalue weighted by Crippen LogP contribution is 2.31. The number of fused-ring (bicyclic) bond motifs is 1. The Hall–Kier alpha value is -3.79. The van der Waals surface area contributed by atoms with Gasteiger partial charge in [-0.1, -0.05) is 45.9 Å². The first-order valence-corrected chi connectivity index (χ1v) is 12.9. The highest BCUT2D eigenvalue weighted by molar-refractivity contribution is 5.87. The Kier molecular flexibility index (Phi) is 7.58. The van der Waals surface area contributed by atoms with Crippen LogP contribution < -0.4 is 15.0 Å². The summed E-state index contributed by atoms with van der Waals surface area (Å²) >= 11 is 0. The molecule has 37 heavy (non-hydrogen) atoms. The fraction of sp³-hybridized carbons (Fsp3) is 0.433. The predicted octanol–water partition coefficient (Wildman–Crippen LogP) is 6.03. The second kappa shape index (κ2) is 10.7. The first kappa shape index (κ1) is 26.3. The number of aryl methyl sites for hydroxylation is 2. The molecule has 7 nitrogen and oxygen atoms in total. The minimum atomic E-state index is 0.0526. The third kappa shape index (κ3) is 5.96. The van der Waals surface area contributed by atoms with Gasteiger partial charge in [-0.05, 0) is 67.0 Å². The summed E-state index contributed by atoms with van der Waals surface area (Å²) in [5.74, 6) is 2.51. The lowest BCUT2D eigenvalue weighted by Gasteiger charge is -2.25. The quantitative estimate of drug-likeness (QED) is 0.304. The smallest absolute Gasteiger partial charge is 0.229 e. The lowest BCUT2D eigenvalue weighted by Crippen LogP contribution is -2.31. The van der Waals surface area contributed by atoms with Gasteiger partial charge in [0.2, 0.25) is 5.95 Å². The third-order valence-corrected chi connectivity index (χ3v) is 6.68. The van der Waals surface area contributed by atoms with Crippen LogP contribution in [-0.2, 0) is 18.9 Å². The van der Waals surface area contributed by atoms with Gasteiger partial charge in [0.1, 0.15) is 5.52 Å². The van der Waals surface area contributed by atoms with Gasteiger partial charge in [-0.25, -0.2) is 4.98 Å². The van der Waals surface area contributed by atoms with Crippen molar-refractivity contribution in [3.8, 4) is 5.75 Å². The van der Waals surface area contributed by atoms with E-state index in [4.69, 9.17) is 14.7 Å². The average molecular weight is 499 g/mol. The maximum Gasteiger partial charge on any atom is 0.229 e. The van der Waals surface area contributed by atoms with Crippen molar-refractivity contribution in [2.24, 2.45) is 13.0 Å². The van der Waals surface area contributed by atoms with Gasteiger partial charge in [-0.3, -0.25) is 0 Å². The maximum absolute atomic E-state index is 5.21. The number of anilines is 3. The zero-order chi connectivity index (χ0) is 26.7. The zero-order valence-corrected chi connectivity index (χ0v) is 23.3. The summed E-state index contributed by atoms with van der Waals surface area (Å²) < 4.78 is 7.18. The van der Waals surface area contributed by atoms with Gasteiger partial charge in [-0.15, -0.1) is 0 Å². The highest BCUT2D eigenvalue weighted by Gasteiger charge is 2.20. The van der Waals surface area contributed by atoms with Crippen molar-refractivity contribution >= 4 is 28.6 Å². The summed E-state index contributed by atoms with van der Waals surface area (Å²) in [6.07, 6.45) is 2.67. The van der Waals surface area contributed by atoms with Gasteiger partial charge in [0.05, 0.1) is 13.4 Å². The molecular weight excluding hydrogens is 460 g/mol. The number of rotatable bonds is 9. The topological polar surface area (TPSA) is 68.1 Å². The standard InChI is InChI=1S/C30H38N6O/c1-9-36(18-20(2)16-22-11-14-24(37-8)15-12-22)29-33-27-26(35(7)19-31-27)28(34-29)32-25-17-23(30(4,5)6)13-10-21(25)3/h10-11,13-14,17,19-20H,9,16,18H2,1-8H3,(H,32,33,34). The van der Waals surface area contributed by atoms with E-state index in [0.717, 1.165) is 47.7 Å². The van der Waals surface area contributed by atoms with Crippen LogP contribution in [0.2, 0.25) is 0 Å². The van der Waals surface area contributed by atoms with Gasteiger partial charge >= 0.3 is 0 Å². The van der Waals surface area contributed by atoms with Gasteiger partial charge in [0, 0.05) is 31.4 Å². The third-order valence-electron chi connectivity index (χ3n) is 6.68. The molecule has 0 aliphatic rings. The Bertz CT molecular complexity index is 1350. The molecule has 2 heterocycles. The Morgan fingerprint density at radius 2 is 1.92 bits per heavy atom. The lowest BCUT2D eigenvalue weighted by molar-refractivity contribution is 0.414. The van der Waals surface area contributed by atoms with E-state index in [9.17, 15) is 0 Å². The number of methoxy groups -OCH3 is 1. The van der Waals surface area contributed by atoms with Crippen LogP contribution in [0.15, 0.2) is 36.7 Å². The van der Waals surface area contributed by atoms with E-state index < -0.39 is 0 Å². The number of nitrogens with one attached hydrogen (secondary N) is 1. The largest absolute Gasteiger partial charge is 0.489 e. The molecule has 0 radical (unpaired) electrons. The van der Waals surface area contributed by atoms with Crippen molar-refractivity contribution in [2.75, 3.05) is 30.4 Å². The minimum Gasteiger partial charge on any atom is -0.489 e. The molecule has 7 heteroatoms. The van der Waals surface area contributed by atoms with Gasteiger partial charge in [0.25, 0.3) is 0 Å². The Morgan fingerprint density at radius 1 is 1.14 bits per heavy atom. The summed E-state index contributed by atoms with van der Waals surface area (Å²) in [5, 5.41) is 3.62. The van der Waals surface area contributed by atoms with E-state index >= 15 is 0 Å². The molecular formula is C30H38N6O. The molecule has 4 rings (SSSR count). The fourth-order valence-corrected chi connectivity index (χ4v) is 4.43. The molecule has 194 valence electrons. The summed E-state index contributed by atoms with van der Waals surface area (Å²) in [6, 6.07) is 16.8. The van der Waals surface area contributed by atoms with Gasteiger partial charge < -0.3 is 19.5 Å². The van der Waals surface area contributed by atoms with E-state index in [2.05, 4.69) is 93.1 Å². The number of benzene rings is 1. The number of hydrogen-bond donors (Lipinski definition) is 1. The van der Waals surface area contributed by atoms with E-state index in [1.807, 2.05) is 17.7 Å². The second-order valence-corrected chi connectivity index (χ2v) is 10.8. The number of aromatic nitrogens is 4. The van der Waals surface area contributed by atoms with Crippen LogP contribution >= 0.6 is 0 Å². The highest BCUT2D eigenvalue weighted by atomic mass is 16.5.